The lowest BCUT2D eigenvalue weighted by Crippen LogP contribution is -2.34. The molecule has 0 amide bonds. The number of rotatable bonds is 3. The summed E-state index contributed by atoms with van der Waals surface area (Å²) < 4.78 is 1.31. The van der Waals surface area contributed by atoms with E-state index in [-0.39, 0.29) is 5.78 Å². The molecule has 0 fully saturated rings. The average molecular weight is 213 g/mol. The third-order valence-corrected chi connectivity index (χ3v) is 6.41. The van der Waals surface area contributed by atoms with Gasteiger partial charge in [0.15, 0.2) is 10.8 Å². The van der Waals surface area contributed by atoms with E-state index in [1.54, 1.807) is 11.3 Å². The second-order valence-corrected chi connectivity index (χ2v) is 10.5. The van der Waals surface area contributed by atoms with E-state index in [9.17, 15) is 4.79 Å². The molecule has 13 heavy (non-hydrogen) atoms. The van der Waals surface area contributed by atoms with Crippen molar-refractivity contribution in [3.63, 3.8) is 0 Å². The smallest absolute Gasteiger partial charge is 0.191 e. The highest BCUT2D eigenvalue weighted by Gasteiger charge is 2.20. The fraction of sp³-hybridized carbons (Fsp3) is 0.556. The highest BCUT2D eigenvalue weighted by Crippen LogP contribution is 2.11. The first-order valence-corrected chi connectivity index (χ1v) is 8.76. The summed E-state index contributed by atoms with van der Waals surface area (Å²) in [5, 5.41) is 0.680. The van der Waals surface area contributed by atoms with Crippen LogP contribution in [0.3, 0.4) is 0 Å². The lowest BCUT2D eigenvalue weighted by molar-refractivity contribution is 0.0988. The molecule has 0 saturated heterocycles. The highest BCUT2D eigenvalue weighted by atomic mass is 32.1. The van der Waals surface area contributed by atoms with E-state index >= 15 is 0 Å². The van der Waals surface area contributed by atoms with Crippen LogP contribution in [0.25, 0.3) is 0 Å². The van der Waals surface area contributed by atoms with Crippen LogP contribution >= 0.6 is 11.3 Å². The molecule has 0 aromatic carbocycles. The summed E-state index contributed by atoms with van der Waals surface area (Å²) in [6, 6.07) is 0. The zero-order valence-corrected chi connectivity index (χ0v) is 10.4. The summed E-state index contributed by atoms with van der Waals surface area (Å²) in [5.41, 5.74) is 0. The summed E-state index contributed by atoms with van der Waals surface area (Å²) in [4.78, 5) is 15.5. The van der Waals surface area contributed by atoms with Crippen LogP contribution in [0.2, 0.25) is 19.6 Å². The Morgan fingerprint density at radius 2 is 2.15 bits per heavy atom. The number of ketones is 1. The molecule has 0 aliphatic rings. The Balaban J connectivity index is 2.93. The van der Waals surface area contributed by atoms with Gasteiger partial charge in [-0.25, -0.2) is 4.98 Å². The Kier molecular flexibility index (Phi) is 3.03. The van der Waals surface area contributed by atoms with Crippen molar-refractivity contribution in [1.29, 1.82) is 0 Å². The minimum atomic E-state index is -1.27. The van der Waals surface area contributed by atoms with Crippen LogP contribution in [-0.4, -0.2) is 18.8 Å². The fourth-order valence-corrected chi connectivity index (χ4v) is 3.54. The summed E-state index contributed by atoms with van der Waals surface area (Å²) in [6.07, 6.45) is 2.43. The van der Waals surface area contributed by atoms with Crippen molar-refractivity contribution in [2.45, 2.75) is 33.0 Å². The predicted octanol–water partition coefficient (Wildman–Crippen LogP) is 2.28. The molecule has 0 atom stereocenters. The molecule has 0 bridgehead atoms. The normalized spacial score (nSPS) is 11.7. The van der Waals surface area contributed by atoms with Gasteiger partial charge >= 0.3 is 0 Å². The van der Waals surface area contributed by atoms with Gasteiger partial charge in [-0.15, -0.1) is 11.3 Å². The molecule has 1 aromatic rings. The van der Waals surface area contributed by atoms with E-state index in [4.69, 9.17) is 0 Å². The number of nitrogens with zero attached hydrogens (tertiary/aromatic N) is 1. The number of aromatic nitrogens is 1. The van der Waals surface area contributed by atoms with Gasteiger partial charge in [-0.05, 0) is 0 Å². The van der Waals surface area contributed by atoms with Crippen LogP contribution in [0, 0.1) is 0 Å². The molecule has 0 N–H and O–H groups in total. The van der Waals surface area contributed by atoms with Crippen molar-refractivity contribution in [2.24, 2.45) is 0 Å². The molecule has 0 saturated carbocycles. The lowest BCUT2D eigenvalue weighted by atomic mass is 10.3. The molecule has 2 nitrogen and oxygen atoms in total. The van der Waals surface area contributed by atoms with Crippen LogP contribution in [0.4, 0.5) is 0 Å². The number of hydrogen-bond donors (Lipinski definition) is 0. The third-order valence-electron chi connectivity index (χ3n) is 1.80. The Morgan fingerprint density at radius 3 is 2.54 bits per heavy atom. The van der Waals surface area contributed by atoms with E-state index in [2.05, 4.69) is 24.6 Å². The highest BCUT2D eigenvalue weighted by molar-refractivity contribution is 7.27. The maximum absolute atomic E-state index is 11.3. The van der Waals surface area contributed by atoms with Gasteiger partial charge in [0.05, 0.1) is 8.07 Å². The van der Waals surface area contributed by atoms with E-state index in [0.717, 1.165) is 0 Å². The van der Waals surface area contributed by atoms with E-state index in [1.807, 2.05) is 13.1 Å². The van der Waals surface area contributed by atoms with Gasteiger partial charge in [-0.2, -0.15) is 0 Å². The number of Topliss-reactive ketones (excluding diaryl/α,β-unsaturated/α-hetero) is 1. The Morgan fingerprint density at radius 1 is 1.54 bits per heavy atom. The Labute approximate surface area is 84.0 Å². The third kappa shape index (κ3) is 2.48. The molecule has 1 heterocycles. The van der Waals surface area contributed by atoms with Crippen LogP contribution in [0.15, 0.2) is 6.20 Å². The van der Waals surface area contributed by atoms with Crippen LogP contribution in [0.5, 0.6) is 0 Å². The maximum atomic E-state index is 11.3. The molecule has 4 heteroatoms. The van der Waals surface area contributed by atoms with Crippen molar-refractivity contribution >= 4 is 29.7 Å². The molecule has 0 aliphatic heterocycles. The fourth-order valence-electron chi connectivity index (χ4n) is 0.901. The van der Waals surface area contributed by atoms with Gasteiger partial charge < -0.3 is 0 Å². The molecular formula is C9H15NOSSi. The number of carbonyl (C=O) groups excluding carboxylic acids is 1. The number of carbonyl (C=O) groups is 1. The monoisotopic (exact) mass is 213 g/mol. The van der Waals surface area contributed by atoms with Gasteiger partial charge in [-0.1, -0.05) is 26.6 Å². The zero-order valence-electron chi connectivity index (χ0n) is 8.55. The summed E-state index contributed by atoms with van der Waals surface area (Å²) in [6.45, 7) is 8.67. The van der Waals surface area contributed by atoms with Crippen molar-refractivity contribution in [3.8, 4) is 0 Å². The van der Waals surface area contributed by atoms with Crippen molar-refractivity contribution in [1.82, 2.24) is 4.98 Å². The summed E-state index contributed by atoms with van der Waals surface area (Å²) >= 11 is 1.57. The van der Waals surface area contributed by atoms with Gasteiger partial charge in [-0.3, -0.25) is 4.79 Å². The first kappa shape index (κ1) is 10.6. The predicted molar refractivity (Wildman–Crippen MR) is 59.7 cm³/mol. The van der Waals surface area contributed by atoms with Crippen molar-refractivity contribution in [2.75, 3.05) is 0 Å². The van der Waals surface area contributed by atoms with E-state index in [1.165, 1.54) is 4.50 Å². The second-order valence-electron chi connectivity index (χ2n) is 4.06. The molecule has 72 valence electrons. The first-order chi connectivity index (χ1) is 5.95. The topological polar surface area (TPSA) is 30.0 Å². The van der Waals surface area contributed by atoms with E-state index < -0.39 is 8.07 Å². The molecular weight excluding hydrogens is 198 g/mol. The van der Waals surface area contributed by atoms with Gasteiger partial charge in [0.2, 0.25) is 0 Å². The largest absolute Gasteiger partial charge is 0.292 e. The number of thiazole rings is 1. The Bertz CT molecular complexity index is 314. The van der Waals surface area contributed by atoms with E-state index in [0.29, 0.717) is 11.4 Å². The second kappa shape index (κ2) is 3.72. The minimum absolute atomic E-state index is 0.162. The minimum Gasteiger partial charge on any atom is -0.292 e. The SMILES string of the molecule is CCC(=O)c1ncc([Si](C)(C)C)s1. The Hall–Kier alpha value is -0.483. The quantitative estimate of drug-likeness (QED) is 0.569. The number of hydrogen-bond acceptors (Lipinski definition) is 3. The molecule has 0 spiro atoms. The first-order valence-electron chi connectivity index (χ1n) is 4.44. The van der Waals surface area contributed by atoms with Crippen LogP contribution < -0.4 is 4.50 Å². The summed E-state index contributed by atoms with van der Waals surface area (Å²) in [5.74, 6) is 0.162. The average Bonchev–Trinajstić information content (AvgIpc) is 2.50. The molecule has 1 aromatic heterocycles. The van der Waals surface area contributed by atoms with Gasteiger partial charge in [0, 0.05) is 17.1 Å². The molecule has 0 radical (unpaired) electrons. The van der Waals surface area contributed by atoms with Crippen molar-refractivity contribution < 1.29 is 4.79 Å². The lowest BCUT2D eigenvalue weighted by Gasteiger charge is -2.11. The zero-order chi connectivity index (χ0) is 10.1. The molecule has 0 unspecified atom stereocenters. The van der Waals surface area contributed by atoms with Gasteiger partial charge in [0.1, 0.15) is 0 Å². The summed E-state index contributed by atoms with van der Waals surface area (Å²) in [7, 11) is -1.27. The standard InChI is InChI=1S/C9H15NOSSi/c1-5-7(11)9-10-6-8(12-9)13(2,3)4/h6H,5H2,1-4H3. The molecule has 0 aliphatic carbocycles. The van der Waals surface area contributed by atoms with Crippen LogP contribution in [-0.2, 0) is 0 Å². The maximum Gasteiger partial charge on any atom is 0.191 e. The van der Waals surface area contributed by atoms with Gasteiger partial charge in [0.25, 0.3) is 0 Å². The van der Waals surface area contributed by atoms with Crippen molar-refractivity contribution in [3.05, 3.63) is 11.2 Å². The molecule has 1 rings (SSSR count). The van der Waals surface area contributed by atoms with Crippen LogP contribution in [0.1, 0.15) is 23.1 Å².